The molecule has 338 valence electrons. The Morgan fingerprint density at radius 2 is 0.559 bits per heavy atom. The van der Waals surface area contributed by atoms with E-state index in [1.165, 1.54) is 48.5 Å². The Kier molecular flexibility index (Phi) is 8.97. The number of ether oxygens (including phenoxy) is 2. The van der Waals surface area contributed by atoms with Crippen molar-refractivity contribution in [3.63, 3.8) is 0 Å². The summed E-state index contributed by atoms with van der Waals surface area (Å²) in [5, 5.41) is 115. The van der Waals surface area contributed by atoms with Gasteiger partial charge in [-0.1, -0.05) is 48.5 Å². The van der Waals surface area contributed by atoms with Gasteiger partial charge in [0.2, 0.25) is 0 Å². The van der Waals surface area contributed by atoms with E-state index in [2.05, 4.69) is 0 Å². The minimum atomic E-state index is -0.934. The first-order chi connectivity index (χ1) is 32.8. The molecular weight excluding hydrogens is 865 g/mol. The lowest BCUT2D eigenvalue weighted by molar-refractivity contribution is 0.219. The maximum atomic E-state index is 12.6. The molecule has 8 aromatic rings. The van der Waals surface area contributed by atoms with Gasteiger partial charge in [0.05, 0.1) is 11.8 Å². The first-order valence-corrected chi connectivity index (χ1v) is 22.2. The Hall–Kier alpha value is -8.64. The van der Waals surface area contributed by atoms with Gasteiger partial charge in [-0.15, -0.1) is 0 Å². The number of phenols is 10. The maximum Gasteiger partial charge on any atom is 0.135 e. The predicted octanol–water partition coefficient (Wildman–Crippen LogP) is 10.4. The summed E-state index contributed by atoms with van der Waals surface area (Å²) in [6.45, 7) is 0. The van der Waals surface area contributed by atoms with E-state index in [0.717, 1.165) is 0 Å². The molecule has 0 saturated heterocycles. The summed E-state index contributed by atoms with van der Waals surface area (Å²) in [5.74, 6) is -6.01. The van der Waals surface area contributed by atoms with Crippen LogP contribution >= 0.6 is 0 Å². The lowest BCUT2D eigenvalue weighted by Gasteiger charge is -2.46. The van der Waals surface area contributed by atoms with E-state index < -0.39 is 47.7 Å². The highest BCUT2D eigenvalue weighted by molar-refractivity contribution is 5.71. The molecule has 8 atom stereocenters. The minimum absolute atomic E-state index is 0.0236. The van der Waals surface area contributed by atoms with Crippen LogP contribution in [0.5, 0.6) is 69.0 Å². The summed E-state index contributed by atoms with van der Waals surface area (Å²) in [7, 11) is 0. The Balaban J connectivity index is 1.29. The van der Waals surface area contributed by atoms with Gasteiger partial charge in [0.25, 0.3) is 0 Å². The van der Waals surface area contributed by atoms with Gasteiger partial charge in [-0.25, -0.2) is 0 Å². The second kappa shape index (κ2) is 14.9. The number of rotatable bonds is 4. The van der Waals surface area contributed by atoms with E-state index in [4.69, 9.17) is 9.47 Å². The number of phenolic OH excluding ortho intramolecular Hbond substituents is 10. The van der Waals surface area contributed by atoms with Gasteiger partial charge in [0, 0.05) is 70.2 Å². The van der Waals surface area contributed by atoms with Gasteiger partial charge < -0.3 is 60.5 Å². The van der Waals surface area contributed by atoms with Crippen molar-refractivity contribution < 1.29 is 60.5 Å². The average Bonchev–Trinajstić information content (AvgIpc) is 3.87. The third-order valence-corrected chi connectivity index (χ3v) is 14.5. The topological polar surface area (TPSA) is 221 Å². The smallest absolute Gasteiger partial charge is 0.135 e. The third-order valence-electron chi connectivity index (χ3n) is 14.5. The molecule has 0 spiro atoms. The molecule has 0 radical (unpaired) electrons. The largest absolute Gasteiger partial charge is 0.508 e. The zero-order chi connectivity index (χ0) is 46.9. The van der Waals surface area contributed by atoms with Crippen LogP contribution < -0.4 is 9.47 Å². The molecule has 4 aliphatic rings. The van der Waals surface area contributed by atoms with Gasteiger partial charge in [0.15, 0.2) is 0 Å². The SMILES string of the molecule is Oc1ccc([C@@H]2c3c(O)cc(O)cc3[C@H]3c4c(cc(O)cc4C4C2c2cc(O)cc5c2[C@H](c2cc(O)cc(O)c2[C@H]4c2ccc(O)cc2)[C@H](c2ccc(O)cc2)O5)O[C@@H]3c2ccc(O)cc2)cc1. The number of benzene rings is 8. The number of hydrogen-bond donors (Lipinski definition) is 10. The Morgan fingerprint density at radius 3 is 0.897 bits per heavy atom. The van der Waals surface area contributed by atoms with E-state index in [0.29, 0.717) is 78.3 Å². The molecule has 68 heavy (non-hydrogen) atoms. The van der Waals surface area contributed by atoms with Gasteiger partial charge in [-0.3, -0.25) is 0 Å². The Labute approximate surface area is 388 Å². The molecule has 8 aromatic carbocycles. The van der Waals surface area contributed by atoms with Crippen molar-refractivity contribution in [1.29, 1.82) is 0 Å². The van der Waals surface area contributed by atoms with Crippen LogP contribution in [0.15, 0.2) is 146 Å². The fraction of sp³-hybridized carbons (Fsp3) is 0.143. The highest BCUT2D eigenvalue weighted by atomic mass is 16.5. The number of aromatic hydroxyl groups is 10. The lowest BCUT2D eigenvalue weighted by atomic mass is 9.55. The van der Waals surface area contributed by atoms with Crippen molar-refractivity contribution in [2.75, 3.05) is 0 Å². The second-order valence-corrected chi connectivity index (χ2v) is 18.2. The molecule has 2 aliphatic carbocycles. The predicted molar refractivity (Wildman–Crippen MR) is 248 cm³/mol. The normalized spacial score (nSPS) is 22.6. The van der Waals surface area contributed by atoms with Crippen LogP contribution in [0.4, 0.5) is 0 Å². The van der Waals surface area contributed by atoms with E-state index in [-0.39, 0.29) is 57.5 Å². The van der Waals surface area contributed by atoms with E-state index in [1.807, 2.05) is 0 Å². The van der Waals surface area contributed by atoms with Crippen LogP contribution in [0, 0.1) is 0 Å². The Bertz CT molecular complexity index is 3110. The molecule has 0 bridgehead atoms. The quantitative estimate of drug-likeness (QED) is 0.0797. The fourth-order valence-electron chi connectivity index (χ4n) is 12.0. The molecule has 10 N–H and O–H groups in total. The molecule has 0 aromatic heterocycles. The van der Waals surface area contributed by atoms with E-state index >= 15 is 0 Å². The monoisotopic (exact) mass is 906 g/mol. The summed E-state index contributed by atoms with van der Waals surface area (Å²) in [6.07, 6.45) is -1.70. The zero-order valence-corrected chi connectivity index (χ0v) is 35.8. The van der Waals surface area contributed by atoms with Crippen molar-refractivity contribution in [3.05, 3.63) is 212 Å². The van der Waals surface area contributed by atoms with Crippen molar-refractivity contribution in [2.45, 2.75) is 47.7 Å². The molecule has 2 heterocycles. The second-order valence-electron chi connectivity index (χ2n) is 18.2. The first kappa shape index (κ1) is 40.8. The molecule has 0 saturated carbocycles. The molecule has 12 nitrogen and oxygen atoms in total. The van der Waals surface area contributed by atoms with Crippen LogP contribution in [-0.4, -0.2) is 51.1 Å². The average molecular weight is 907 g/mol. The highest BCUT2D eigenvalue weighted by Crippen LogP contribution is 2.69. The van der Waals surface area contributed by atoms with Gasteiger partial charge >= 0.3 is 0 Å². The van der Waals surface area contributed by atoms with Crippen molar-refractivity contribution >= 4 is 0 Å². The summed E-state index contributed by atoms with van der Waals surface area (Å²) in [5.41, 5.74) is 6.51. The zero-order valence-electron chi connectivity index (χ0n) is 35.8. The van der Waals surface area contributed by atoms with Gasteiger partial charge in [0.1, 0.15) is 81.2 Å². The summed E-state index contributed by atoms with van der Waals surface area (Å²) in [4.78, 5) is 0. The molecule has 0 fully saturated rings. The van der Waals surface area contributed by atoms with Crippen LogP contribution in [0.3, 0.4) is 0 Å². The van der Waals surface area contributed by atoms with E-state index in [9.17, 15) is 51.1 Å². The van der Waals surface area contributed by atoms with Gasteiger partial charge in [-0.05, 0) is 117 Å². The van der Waals surface area contributed by atoms with Crippen molar-refractivity contribution in [1.82, 2.24) is 0 Å². The summed E-state index contributed by atoms with van der Waals surface area (Å²) >= 11 is 0. The van der Waals surface area contributed by atoms with E-state index in [1.54, 1.807) is 97.1 Å². The van der Waals surface area contributed by atoms with Crippen molar-refractivity contribution in [3.8, 4) is 69.0 Å². The highest BCUT2D eigenvalue weighted by Gasteiger charge is 2.55. The third kappa shape index (κ3) is 6.20. The Morgan fingerprint density at radius 1 is 0.265 bits per heavy atom. The lowest BCUT2D eigenvalue weighted by Crippen LogP contribution is -2.33. The van der Waals surface area contributed by atoms with Crippen LogP contribution in [0.2, 0.25) is 0 Å². The number of fused-ring (bicyclic) bond motifs is 7. The van der Waals surface area contributed by atoms with Crippen LogP contribution in [0.25, 0.3) is 0 Å². The summed E-state index contributed by atoms with van der Waals surface area (Å²) < 4.78 is 13.8. The maximum absolute atomic E-state index is 12.6. The van der Waals surface area contributed by atoms with Crippen molar-refractivity contribution in [2.24, 2.45) is 0 Å². The standard InChI is InChI=1S/C56H42O12/c57-29-9-1-25(2-10-29)45-47-37(17-33(61)21-41(47)65)53-50-40(20-36(64)24-44(50)68-55(53)27-5-13-31(59)14-6-27)52-46(26-3-11-30(58)12-4-26)48-38(18-34(62)22-42(48)66)54-49-39(51(45)52)19-35(63)23-43(49)67-56(54)28-7-15-32(60)16-8-28/h1-24,45-46,51-66H/t45-,46-,51?,52?,53+,54+,55-,56+/m1/s1. The fourth-order valence-corrected chi connectivity index (χ4v) is 12.0. The molecule has 12 rings (SSSR count). The minimum Gasteiger partial charge on any atom is -0.508 e. The molecule has 2 unspecified atom stereocenters. The van der Waals surface area contributed by atoms with Crippen LogP contribution in [0.1, 0.15) is 114 Å². The van der Waals surface area contributed by atoms with Gasteiger partial charge in [-0.2, -0.15) is 0 Å². The van der Waals surface area contributed by atoms with Crippen LogP contribution in [-0.2, 0) is 0 Å². The summed E-state index contributed by atoms with van der Waals surface area (Å²) in [6, 6.07) is 38.3. The molecule has 12 heteroatoms. The molecule has 2 aliphatic heterocycles. The first-order valence-electron chi connectivity index (χ1n) is 22.2. The molecular formula is C56H42O12. The molecule has 0 amide bonds. The number of hydrogen-bond acceptors (Lipinski definition) is 12.